The van der Waals surface area contributed by atoms with Gasteiger partial charge in [-0.2, -0.15) is 0 Å². The van der Waals surface area contributed by atoms with Crippen molar-refractivity contribution < 1.29 is 0 Å². The lowest BCUT2D eigenvalue weighted by atomic mass is 10.0. The van der Waals surface area contributed by atoms with Crippen molar-refractivity contribution in [1.29, 1.82) is 0 Å². The summed E-state index contributed by atoms with van der Waals surface area (Å²) in [5, 5.41) is 8.65. The first-order valence-corrected chi connectivity index (χ1v) is 22.8. The van der Waals surface area contributed by atoms with Gasteiger partial charge in [0.1, 0.15) is 12.0 Å². The van der Waals surface area contributed by atoms with Gasteiger partial charge >= 0.3 is 0 Å². The summed E-state index contributed by atoms with van der Waals surface area (Å²) in [6.45, 7) is 0. The molecule has 6 heterocycles. The van der Waals surface area contributed by atoms with Gasteiger partial charge in [-0.1, -0.05) is 164 Å². The van der Waals surface area contributed by atoms with Crippen LogP contribution in [-0.2, 0) is 0 Å². The zero-order valence-electron chi connectivity index (χ0n) is 36.6. The maximum absolute atomic E-state index is 5.43. The number of hydrogen-bond acceptors (Lipinski definition) is 6. The molecular weight excluding hydrogens is 833 g/mol. The monoisotopic (exact) mass is 872 g/mol. The highest BCUT2D eigenvalue weighted by Gasteiger charge is 2.23. The highest BCUT2D eigenvalue weighted by molar-refractivity contribution is 6.09. The number of nitrogens with one attached hydrogen (secondary N) is 1. The van der Waals surface area contributed by atoms with Gasteiger partial charge in [0.25, 0.3) is 0 Å². The van der Waals surface area contributed by atoms with Crippen molar-refractivity contribution >= 4 is 49.3 Å². The molecule has 0 aliphatic carbocycles. The molecule has 1 N–H and O–H groups in total. The molecule has 7 aromatic carbocycles. The number of fused-ring (bicyclic) bond motifs is 6. The third-order valence-corrected chi connectivity index (χ3v) is 12.8. The first-order chi connectivity index (χ1) is 33.7. The number of dihydropyridines is 1. The number of pyridine rings is 2. The summed E-state index contributed by atoms with van der Waals surface area (Å²) in [7, 11) is 0. The van der Waals surface area contributed by atoms with Gasteiger partial charge in [-0.25, -0.2) is 24.9 Å². The summed E-state index contributed by atoms with van der Waals surface area (Å²) in [6, 6.07) is 73.3. The number of nitrogens with zero attached hydrogens (tertiary/aromatic N) is 7. The third-order valence-electron chi connectivity index (χ3n) is 12.8. The molecule has 0 amide bonds. The molecule has 13 rings (SSSR count). The average molecular weight is 873 g/mol. The molecule has 12 aromatic rings. The maximum Gasteiger partial charge on any atom is 0.164 e. The summed E-state index contributed by atoms with van der Waals surface area (Å²) < 4.78 is 4.60. The lowest BCUT2D eigenvalue weighted by Gasteiger charge is -2.25. The second kappa shape index (κ2) is 16.3. The molecule has 1 aliphatic rings. The van der Waals surface area contributed by atoms with E-state index in [1.807, 2.05) is 42.5 Å². The van der Waals surface area contributed by atoms with Crippen molar-refractivity contribution in [2.24, 2.45) is 0 Å². The molecule has 320 valence electrons. The van der Waals surface area contributed by atoms with Crippen LogP contribution in [0.3, 0.4) is 0 Å². The van der Waals surface area contributed by atoms with Gasteiger partial charge < -0.3 is 9.88 Å². The molecule has 0 saturated carbocycles. The molecule has 8 heteroatoms. The Morgan fingerprint density at radius 3 is 1.51 bits per heavy atom. The molecule has 0 saturated heterocycles. The molecule has 1 aliphatic heterocycles. The van der Waals surface area contributed by atoms with E-state index in [9.17, 15) is 0 Å². The predicted octanol–water partition coefficient (Wildman–Crippen LogP) is 13.9. The molecular formula is C60H40N8. The first-order valence-electron chi connectivity index (χ1n) is 22.8. The number of allylic oxidation sites excluding steroid dienone is 2. The molecule has 1 unspecified atom stereocenters. The normalized spacial score (nSPS) is 13.6. The van der Waals surface area contributed by atoms with Crippen LogP contribution in [0, 0.1) is 0 Å². The fraction of sp³-hybridized carbons (Fsp3) is 0.0167. The van der Waals surface area contributed by atoms with Crippen molar-refractivity contribution in [3.05, 3.63) is 236 Å². The Bertz CT molecular complexity index is 3850. The minimum absolute atomic E-state index is 0.198. The number of para-hydroxylation sites is 4. The van der Waals surface area contributed by atoms with Crippen LogP contribution in [0.1, 0.15) is 11.9 Å². The second-order valence-corrected chi connectivity index (χ2v) is 17.0. The van der Waals surface area contributed by atoms with Crippen molar-refractivity contribution in [2.75, 3.05) is 0 Å². The summed E-state index contributed by atoms with van der Waals surface area (Å²) >= 11 is 0. The summed E-state index contributed by atoms with van der Waals surface area (Å²) in [5.74, 6) is 2.47. The van der Waals surface area contributed by atoms with Gasteiger partial charge in [0.05, 0.1) is 44.8 Å². The lowest BCUT2D eigenvalue weighted by molar-refractivity contribution is 0.588. The van der Waals surface area contributed by atoms with Crippen LogP contribution in [0.15, 0.2) is 231 Å². The third kappa shape index (κ3) is 6.82. The van der Waals surface area contributed by atoms with E-state index >= 15 is 0 Å². The van der Waals surface area contributed by atoms with E-state index in [1.54, 1.807) is 0 Å². The number of aromatic nitrogens is 7. The van der Waals surface area contributed by atoms with Crippen molar-refractivity contribution in [3.8, 4) is 62.5 Å². The van der Waals surface area contributed by atoms with Crippen LogP contribution in [-0.4, -0.2) is 34.1 Å². The summed E-state index contributed by atoms with van der Waals surface area (Å²) in [6.07, 6.45) is 6.20. The Morgan fingerprint density at radius 2 is 0.853 bits per heavy atom. The van der Waals surface area contributed by atoms with E-state index in [-0.39, 0.29) is 6.17 Å². The van der Waals surface area contributed by atoms with Crippen molar-refractivity contribution in [1.82, 2.24) is 39.4 Å². The molecule has 8 nitrogen and oxygen atoms in total. The molecule has 5 aromatic heterocycles. The number of rotatable bonds is 8. The highest BCUT2D eigenvalue weighted by atomic mass is 15.2. The SMILES string of the molecule is C1=CC(n2c3ccccc3c3ccccc32)NC(c2cc(-c3nc(-c4ccccc4)nc(-c4cccc(-c5ccccc5)c4)n3)cc(-c3cccc(-n4c5ccccc5c5ccccc54)n3)n2)=C1. The zero-order chi connectivity index (χ0) is 45.0. The summed E-state index contributed by atoms with van der Waals surface area (Å²) in [4.78, 5) is 26.4. The quantitative estimate of drug-likeness (QED) is 0.164. The zero-order valence-corrected chi connectivity index (χ0v) is 36.6. The maximum atomic E-state index is 5.43. The largest absolute Gasteiger partial charge is 0.360 e. The van der Waals surface area contributed by atoms with Gasteiger partial charge in [-0.3, -0.25) is 4.57 Å². The van der Waals surface area contributed by atoms with Crippen molar-refractivity contribution in [2.45, 2.75) is 6.17 Å². The van der Waals surface area contributed by atoms with E-state index < -0.39 is 0 Å². The fourth-order valence-corrected chi connectivity index (χ4v) is 9.68. The van der Waals surface area contributed by atoms with Gasteiger partial charge in [0.2, 0.25) is 0 Å². The molecule has 0 spiro atoms. The Hall–Kier alpha value is -9.27. The number of benzene rings is 7. The van der Waals surface area contributed by atoms with Crippen LogP contribution in [0.5, 0.6) is 0 Å². The molecule has 0 bridgehead atoms. The Morgan fingerprint density at radius 1 is 0.353 bits per heavy atom. The topological polar surface area (TPSA) is 86.3 Å². The molecule has 0 radical (unpaired) electrons. The van der Waals surface area contributed by atoms with Gasteiger partial charge in [-0.15, -0.1) is 0 Å². The molecule has 1 atom stereocenters. The minimum Gasteiger partial charge on any atom is -0.360 e. The molecule has 68 heavy (non-hydrogen) atoms. The van der Waals surface area contributed by atoms with Crippen LogP contribution < -0.4 is 5.32 Å². The van der Waals surface area contributed by atoms with Gasteiger partial charge in [-0.05, 0) is 77.9 Å². The van der Waals surface area contributed by atoms with Gasteiger partial charge in [0, 0.05) is 38.2 Å². The summed E-state index contributed by atoms with van der Waals surface area (Å²) in [5.41, 5.74) is 12.2. The highest BCUT2D eigenvalue weighted by Crippen LogP contribution is 2.37. The fourth-order valence-electron chi connectivity index (χ4n) is 9.68. The second-order valence-electron chi connectivity index (χ2n) is 17.0. The van der Waals surface area contributed by atoms with Crippen LogP contribution >= 0.6 is 0 Å². The van der Waals surface area contributed by atoms with E-state index in [4.69, 9.17) is 24.9 Å². The van der Waals surface area contributed by atoms with E-state index in [1.165, 1.54) is 21.5 Å². The predicted molar refractivity (Wildman–Crippen MR) is 276 cm³/mol. The van der Waals surface area contributed by atoms with Crippen LogP contribution in [0.4, 0.5) is 0 Å². The smallest absolute Gasteiger partial charge is 0.164 e. The Labute approximate surface area is 391 Å². The molecule has 0 fully saturated rings. The minimum atomic E-state index is -0.198. The lowest BCUT2D eigenvalue weighted by Crippen LogP contribution is -2.26. The average Bonchev–Trinajstić information content (AvgIpc) is 3.94. The Kier molecular flexibility index (Phi) is 9.38. The van der Waals surface area contributed by atoms with E-state index in [0.717, 1.165) is 67.1 Å². The first kappa shape index (κ1) is 39.1. The van der Waals surface area contributed by atoms with Crippen molar-refractivity contribution in [3.63, 3.8) is 0 Å². The van der Waals surface area contributed by atoms with Crippen LogP contribution in [0.2, 0.25) is 0 Å². The number of hydrogen-bond donors (Lipinski definition) is 1. The van der Waals surface area contributed by atoms with Crippen LogP contribution in [0.25, 0.3) is 112 Å². The van der Waals surface area contributed by atoms with E-state index in [0.29, 0.717) is 28.9 Å². The Balaban J connectivity index is 0.993. The van der Waals surface area contributed by atoms with E-state index in [2.05, 4.69) is 203 Å². The van der Waals surface area contributed by atoms with Gasteiger partial charge in [0.15, 0.2) is 17.5 Å². The standard InChI is InChI=1S/C60H40N8/c1-3-18-39(19-4-1)41-22-15-23-42(36-41)59-64-58(40-20-5-2-6-21-40)65-60(66-59)43-37-50(48-28-16-34-56(62-48)67-52-30-11-7-24-44(52)45-25-8-12-31-53(45)67)61-51(38-43)49-29-17-35-57(63-49)68-54-32-13-9-26-46(54)47-27-10-14-33-55(47)68/h1-38,56,62H.